The Kier molecular flexibility index (Phi) is 4.31. The summed E-state index contributed by atoms with van der Waals surface area (Å²) in [5.41, 5.74) is 0.686. The van der Waals surface area contributed by atoms with Gasteiger partial charge in [0.25, 0.3) is 10.9 Å². The van der Waals surface area contributed by atoms with Crippen LogP contribution in [-0.2, 0) is 0 Å². The van der Waals surface area contributed by atoms with Crippen LogP contribution < -0.4 is 10.1 Å². The van der Waals surface area contributed by atoms with Crippen molar-refractivity contribution in [3.8, 4) is 5.19 Å². The van der Waals surface area contributed by atoms with Crippen molar-refractivity contribution in [3.63, 3.8) is 0 Å². The molecule has 112 valence electrons. The third-order valence-corrected chi connectivity index (χ3v) is 4.62. The minimum absolute atomic E-state index is 0.0609. The van der Waals surface area contributed by atoms with Crippen LogP contribution in [-0.4, -0.2) is 29.1 Å². The second kappa shape index (κ2) is 6.36. The van der Waals surface area contributed by atoms with Crippen molar-refractivity contribution < 1.29 is 9.66 Å². The standard InChI is InChI=1S/C14H17N3O3S/c18-17(19)11-4-5-13-12(9-11)16-14(21-13)20-8-6-10-3-1-2-7-15-10/h4-5,9-10,15H,1-3,6-8H2/t10-/m1/s1. The number of benzene rings is 1. The van der Waals surface area contributed by atoms with Crippen LogP contribution in [0.4, 0.5) is 5.69 Å². The zero-order chi connectivity index (χ0) is 14.7. The molecule has 1 saturated heterocycles. The topological polar surface area (TPSA) is 77.3 Å². The van der Waals surface area contributed by atoms with Crippen LogP contribution in [0.25, 0.3) is 10.2 Å². The fourth-order valence-electron chi connectivity index (χ4n) is 2.53. The van der Waals surface area contributed by atoms with Gasteiger partial charge in [0.1, 0.15) is 0 Å². The van der Waals surface area contributed by atoms with E-state index in [1.54, 1.807) is 6.07 Å². The summed E-state index contributed by atoms with van der Waals surface area (Å²) in [5, 5.41) is 14.8. The number of hydrogen-bond acceptors (Lipinski definition) is 6. The molecule has 1 aliphatic rings. The summed E-state index contributed by atoms with van der Waals surface area (Å²) in [6.45, 7) is 1.72. The Bertz CT molecular complexity index is 637. The van der Waals surface area contributed by atoms with Crippen LogP contribution in [0.3, 0.4) is 0 Å². The highest BCUT2D eigenvalue weighted by molar-refractivity contribution is 7.20. The van der Waals surface area contributed by atoms with Gasteiger partial charge in [0, 0.05) is 18.2 Å². The summed E-state index contributed by atoms with van der Waals surface area (Å²) < 4.78 is 6.60. The fourth-order valence-corrected chi connectivity index (χ4v) is 3.35. The monoisotopic (exact) mass is 307 g/mol. The van der Waals surface area contributed by atoms with Crippen molar-refractivity contribution in [3.05, 3.63) is 28.3 Å². The highest BCUT2D eigenvalue weighted by atomic mass is 32.1. The molecule has 21 heavy (non-hydrogen) atoms. The number of nitro groups is 1. The molecule has 1 N–H and O–H groups in total. The van der Waals surface area contributed by atoms with E-state index < -0.39 is 4.92 Å². The zero-order valence-corrected chi connectivity index (χ0v) is 12.4. The Morgan fingerprint density at radius 1 is 1.48 bits per heavy atom. The number of fused-ring (bicyclic) bond motifs is 1. The number of hydrogen-bond donors (Lipinski definition) is 1. The molecule has 0 radical (unpaired) electrons. The number of nitrogens with one attached hydrogen (secondary N) is 1. The van der Waals surface area contributed by atoms with Crippen molar-refractivity contribution in [2.24, 2.45) is 0 Å². The average Bonchev–Trinajstić information content (AvgIpc) is 2.90. The van der Waals surface area contributed by atoms with E-state index in [4.69, 9.17) is 4.74 Å². The summed E-state index contributed by atoms with van der Waals surface area (Å²) in [7, 11) is 0. The van der Waals surface area contributed by atoms with Crippen molar-refractivity contribution in [2.75, 3.05) is 13.2 Å². The first kappa shape index (κ1) is 14.2. The lowest BCUT2D eigenvalue weighted by Gasteiger charge is -2.22. The molecular weight excluding hydrogens is 290 g/mol. The summed E-state index contributed by atoms with van der Waals surface area (Å²) in [5.74, 6) is 0. The first-order chi connectivity index (χ1) is 10.2. The SMILES string of the molecule is O=[N+]([O-])c1ccc2sc(OCC[C@H]3CCCCN3)nc2c1. The van der Waals surface area contributed by atoms with Crippen LogP contribution in [0, 0.1) is 10.1 Å². The Hall–Kier alpha value is -1.73. The molecular formula is C14H17N3O3S. The summed E-state index contributed by atoms with van der Waals surface area (Å²) in [4.78, 5) is 14.6. The number of aromatic nitrogens is 1. The molecule has 2 heterocycles. The van der Waals surface area contributed by atoms with E-state index in [0.29, 0.717) is 23.4 Å². The Morgan fingerprint density at radius 3 is 3.14 bits per heavy atom. The molecule has 3 rings (SSSR count). The fraction of sp³-hybridized carbons (Fsp3) is 0.500. The third-order valence-electron chi connectivity index (χ3n) is 3.67. The first-order valence-electron chi connectivity index (χ1n) is 7.13. The summed E-state index contributed by atoms with van der Waals surface area (Å²) >= 11 is 1.43. The quantitative estimate of drug-likeness (QED) is 0.678. The van der Waals surface area contributed by atoms with E-state index in [0.717, 1.165) is 17.7 Å². The molecule has 0 spiro atoms. The average molecular weight is 307 g/mol. The number of ether oxygens (including phenoxy) is 1. The lowest BCUT2D eigenvalue weighted by Crippen LogP contribution is -2.35. The van der Waals surface area contributed by atoms with Crippen LogP contribution in [0.1, 0.15) is 25.7 Å². The maximum Gasteiger partial charge on any atom is 0.274 e. The normalized spacial score (nSPS) is 18.8. The van der Waals surface area contributed by atoms with Gasteiger partial charge in [0.05, 0.1) is 21.7 Å². The van der Waals surface area contributed by atoms with Crippen LogP contribution >= 0.6 is 11.3 Å². The third kappa shape index (κ3) is 3.48. The highest BCUT2D eigenvalue weighted by Crippen LogP contribution is 2.30. The summed E-state index contributed by atoms with van der Waals surface area (Å²) in [6, 6.07) is 5.24. The van der Waals surface area contributed by atoms with Crippen molar-refractivity contribution in [2.45, 2.75) is 31.7 Å². The molecule has 0 saturated carbocycles. The van der Waals surface area contributed by atoms with Crippen molar-refractivity contribution >= 4 is 27.2 Å². The summed E-state index contributed by atoms with van der Waals surface area (Å²) in [6.07, 6.45) is 4.71. The van der Waals surface area contributed by atoms with Gasteiger partial charge in [-0.25, -0.2) is 4.98 Å². The smallest absolute Gasteiger partial charge is 0.274 e. The number of rotatable bonds is 5. The van der Waals surface area contributed by atoms with Gasteiger partial charge < -0.3 is 10.1 Å². The second-order valence-electron chi connectivity index (χ2n) is 5.17. The molecule has 0 amide bonds. The zero-order valence-electron chi connectivity index (χ0n) is 11.6. The maximum absolute atomic E-state index is 10.7. The molecule has 1 aromatic heterocycles. The second-order valence-corrected chi connectivity index (χ2v) is 6.17. The van der Waals surface area contributed by atoms with Gasteiger partial charge in [0.2, 0.25) is 0 Å². The molecule has 6 nitrogen and oxygen atoms in total. The molecule has 1 atom stereocenters. The van der Waals surface area contributed by atoms with Crippen LogP contribution in [0.5, 0.6) is 5.19 Å². The van der Waals surface area contributed by atoms with Crippen molar-refractivity contribution in [1.82, 2.24) is 10.3 Å². The molecule has 2 aromatic rings. The lowest BCUT2D eigenvalue weighted by molar-refractivity contribution is -0.384. The largest absolute Gasteiger partial charge is 0.470 e. The van der Waals surface area contributed by atoms with Gasteiger partial charge in [-0.05, 0) is 31.9 Å². The number of piperidine rings is 1. The minimum atomic E-state index is -0.409. The number of thiazole rings is 1. The Balaban J connectivity index is 1.60. The van der Waals surface area contributed by atoms with Gasteiger partial charge in [-0.1, -0.05) is 17.8 Å². The van der Waals surface area contributed by atoms with Gasteiger partial charge >= 0.3 is 0 Å². The minimum Gasteiger partial charge on any atom is -0.470 e. The molecule has 0 aliphatic carbocycles. The van der Waals surface area contributed by atoms with E-state index in [1.165, 1.54) is 42.7 Å². The van der Waals surface area contributed by atoms with E-state index in [2.05, 4.69) is 10.3 Å². The maximum atomic E-state index is 10.7. The molecule has 1 aliphatic heterocycles. The van der Waals surface area contributed by atoms with E-state index in [9.17, 15) is 10.1 Å². The van der Waals surface area contributed by atoms with Gasteiger partial charge in [-0.2, -0.15) is 0 Å². The van der Waals surface area contributed by atoms with Gasteiger partial charge in [0.15, 0.2) is 0 Å². The molecule has 7 heteroatoms. The molecule has 0 unspecified atom stereocenters. The van der Waals surface area contributed by atoms with E-state index in [-0.39, 0.29) is 5.69 Å². The predicted octanol–water partition coefficient (Wildman–Crippen LogP) is 3.12. The molecule has 0 bridgehead atoms. The predicted molar refractivity (Wildman–Crippen MR) is 82.0 cm³/mol. The highest BCUT2D eigenvalue weighted by Gasteiger charge is 2.14. The van der Waals surface area contributed by atoms with Gasteiger partial charge in [-0.3, -0.25) is 10.1 Å². The Labute approximate surface area is 126 Å². The number of non-ortho nitro benzene ring substituents is 1. The van der Waals surface area contributed by atoms with E-state index >= 15 is 0 Å². The molecule has 1 aromatic carbocycles. The van der Waals surface area contributed by atoms with E-state index in [1.807, 2.05) is 0 Å². The van der Waals surface area contributed by atoms with Crippen molar-refractivity contribution in [1.29, 1.82) is 0 Å². The lowest BCUT2D eigenvalue weighted by atomic mass is 10.0. The molecule has 1 fully saturated rings. The Morgan fingerprint density at radius 2 is 2.38 bits per heavy atom. The first-order valence-corrected chi connectivity index (χ1v) is 7.95. The van der Waals surface area contributed by atoms with Crippen LogP contribution in [0.15, 0.2) is 18.2 Å². The van der Waals surface area contributed by atoms with Crippen LogP contribution in [0.2, 0.25) is 0 Å². The number of nitrogens with zero attached hydrogens (tertiary/aromatic N) is 2. The number of nitro benzene ring substituents is 1. The van der Waals surface area contributed by atoms with Gasteiger partial charge in [-0.15, -0.1) is 0 Å².